The smallest absolute Gasteiger partial charge is 0.215 e. The van der Waals surface area contributed by atoms with Crippen LogP contribution in [0.2, 0.25) is 0 Å². The molecule has 0 radical (unpaired) electrons. The Hall–Kier alpha value is -2.54. The lowest BCUT2D eigenvalue weighted by atomic mass is 9.78. The fourth-order valence-electron chi connectivity index (χ4n) is 4.13. The molecule has 7 heteroatoms. The van der Waals surface area contributed by atoms with Crippen LogP contribution in [0.3, 0.4) is 0 Å². The first-order valence-electron chi connectivity index (χ1n) is 10.1. The quantitative estimate of drug-likeness (QED) is 0.585. The van der Waals surface area contributed by atoms with Crippen LogP contribution in [0.4, 0.5) is 5.82 Å². The van der Waals surface area contributed by atoms with Crippen LogP contribution >= 0.6 is 0 Å². The Labute approximate surface area is 173 Å². The lowest BCUT2D eigenvalue weighted by molar-refractivity contribution is 0.184. The van der Waals surface area contributed by atoms with Gasteiger partial charge in [0.25, 0.3) is 0 Å². The van der Waals surface area contributed by atoms with Crippen molar-refractivity contribution in [2.24, 2.45) is 16.6 Å². The maximum Gasteiger partial charge on any atom is 0.215 e. The van der Waals surface area contributed by atoms with Gasteiger partial charge in [0.05, 0.1) is 13.7 Å². The minimum atomic E-state index is -0.370. The number of nitrogens with two attached hydrogens (primary N) is 1. The summed E-state index contributed by atoms with van der Waals surface area (Å²) in [6.07, 6.45) is 8.59. The summed E-state index contributed by atoms with van der Waals surface area (Å²) in [7, 11) is 7.19. The molecule has 3 rings (SSSR count). The van der Waals surface area contributed by atoms with Crippen molar-refractivity contribution in [3.63, 3.8) is 0 Å². The standard InChI is InChI=1S/C22H33N5O2/c1-16-13-27(19-11-17(14-28-4)12-20(24-19)29-5)15-22(16,25-21(23)26(2)3)18-9-7-6-8-10-18/h6-7,9,11-12,16H,8,10,13-15H2,1-5H3,(H2,23,25). The van der Waals surface area contributed by atoms with Crippen LogP contribution in [0.15, 0.2) is 40.9 Å². The molecule has 0 aromatic carbocycles. The van der Waals surface area contributed by atoms with Crippen LogP contribution in [-0.2, 0) is 11.3 Å². The number of aromatic nitrogens is 1. The Morgan fingerprint density at radius 2 is 2.17 bits per heavy atom. The van der Waals surface area contributed by atoms with Gasteiger partial charge in [-0.3, -0.25) is 0 Å². The minimum Gasteiger partial charge on any atom is -0.481 e. The predicted molar refractivity (Wildman–Crippen MR) is 117 cm³/mol. The summed E-state index contributed by atoms with van der Waals surface area (Å²) < 4.78 is 10.7. The van der Waals surface area contributed by atoms with Crippen LogP contribution in [0, 0.1) is 5.92 Å². The third kappa shape index (κ3) is 4.40. The summed E-state index contributed by atoms with van der Waals surface area (Å²) in [6, 6.07) is 3.99. The van der Waals surface area contributed by atoms with Gasteiger partial charge in [-0.1, -0.05) is 25.2 Å². The first kappa shape index (κ1) is 21.2. The van der Waals surface area contributed by atoms with E-state index >= 15 is 0 Å². The van der Waals surface area contributed by atoms with E-state index in [9.17, 15) is 0 Å². The van der Waals surface area contributed by atoms with Crippen molar-refractivity contribution >= 4 is 11.8 Å². The summed E-state index contributed by atoms with van der Waals surface area (Å²) >= 11 is 0. The van der Waals surface area contributed by atoms with Crippen molar-refractivity contribution in [1.82, 2.24) is 9.88 Å². The summed E-state index contributed by atoms with van der Waals surface area (Å²) in [5.41, 5.74) is 8.30. The van der Waals surface area contributed by atoms with Crippen molar-refractivity contribution in [2.75, 3.05) is 46.3 Å². The van der Waals surface area contributed by atoms with E-state index in [2.05, 4.69) is 36.1 Å². The van der Waals surface area contributed by atoms with E-state index in [1.54, 1.807) is 14.2 Å². The Bertz CT molecular complexity index is 817. The first-order chi connectivity index (χ1) is 13.9. The third-order valence-corrected chi connectivity index (χ3v) is 5.78. The molecule has 2 unspecified atom stereocenters. The fraction of sp³-hybridized carbons (Fsp3) is 0.545. The lowest BCUT2D eigenvalue weighted by Gasteiger charge is -2.34. The second kappa shape index (κ2) is 8.86. The highest BCUT2D eigenvalue weighted by molar-refractivity contribution is 5.78. The maximum atomic E-state index is 6.30. The van der Waals surface area contributed by atoms with Gasteiger partial charge in [0.15, 0.2) is 5.96 Å². The van der Waals surface area contributed by atoms with E-state index in [-0.39, 0.29) is 11.5 Å². The zero-order valence-corrected chi connectivity index (χ0v) is 18.2. The van der Waals surface area contributed by atoms with Crippen LogP contribution < -0.4 is 15.4 Å². The van der Waals surface area contributed by atoms with E-state index in [1.165, 1.54) is 5.57 Å². The fourth-order valence-corrected chi connectivity index (χ4v) is 4.13. The highest BCUT2D eigenvalue weighted by atomic mass is 16.5. The molecule has 1 aliphatic carbocycles. The minimum absolute atomic E-state index is 0.289. The van der Waals surface area contributed by atoms with Gasteiger partial charge in [-0.05, 0) is 30.0 Å². The summed E-state index contributed by atoms with van der Waals surface area (Å²) in [5.74, 6) is 2.32. The van der Waals surface area contributed by atoms with E-state index in [0.717, 1.165) is 37.3 Å². The number of methoxy groups -OCH3 is 2. The van der Waals surface area contributed by atoms with Crippen molar-refractivity contribution < 1.29 is 9.47 Å². The number of nitrogens with zero attached hydrogens (tertiary/aromatic N) is 4. The number of hydrogen-bond donors (Lipinski definition) is 1. The molecule has 1 aromatic rings. The third-order valence-electron chi connectivity index (χ3n) is 5.78. The summed E-state index contributed by atoms with van der Waals surface area (Å²) in [5, 5.41) is 0. The second-order valence-electron chi connectivity index (χ2n) is 8.04. The van der Waals surface area contributed by atoms with E-state index < -0.39 is 0 Å². The lowest BCUT2D eigenvalue weighted by Crippen LogP contribution is -2.43. The number of ether oxygens (including phenoxy) is 2. The average molecular weight is 400 g/mol. The molecule has 2 N–H and O–H groups in total. The molecule has 2 heterocycles. The Morgan fingerprint density at radius 3 is 2.79 bits per heavy atom. The number of guanidine groups is 1. The highest BCUT2D eigenvalue weighted by Gasteiger charge is 2.47. The number of allylic oxidation sites excluding steroid dienone is 3. The molecule has 7 nitrogen and oxygen atoms in total. The molecule has 1 aliphatic heterocycles. The highest BCUT2D eigenvalue weighted by Crippen LogP contribution is 2.42. The normalized spacial score (nSPS) is 24.6. The van der Waals surface area contributed by atoms with Crippen molar-refractivity contribution in [3.05, 3.63) is 41.5 Å². The van der Waals surface area contributed by atoms with Gasteiger partial charge in [-0.2, -0.15) is 4.98 Å². The molecule has 29 heavy (non-hydrogen) atoms. The molecule has 0 spiro atoms. The van der Waals surface area contributed by atoms with Gasteiger partial charge in [0.2, 0.25) is 5.88 Å². The molecule has 158 valence electrons. The summed E-state index contributed by atoms with van der Waals surface area (Å²) in [4.78, 5) is 13.9. The van der Waals surface area contributed by atoms with Gasteiger partial charge >= 0.3 is 0 Å². The van der Waals surface area contributed by atoms with Crippen LogP contribution in [0.25, 0.3) is 0 Å². The Balaban J connectivity index is 2.01. The zero-order chi connectivity index (χ0) is 21.0. The molecule has 1 fully saturated rings. The second-order valence-corrected chi connectivity index (χ2v) is 8.04. The van der Waals surface area contributed by atoms with E-state index in [0.29, 0.717) is 18.4 Å². The average Bonchev–Trinajstić information content (AvgIpc) is 3.06. The van der Waals surface area contributed by atoms with Crippen LogP contribution in [-0.4, -0.2) is 62.8 Å². The van der Waals surface area contributed by atoms with Gasteiger partial charge in [-0.15, -0.1) is 0 Å². The molecule has 1 saturated heterocycles. The SMILES string of the molecule is COCc1cc(OC)nc(N2CC(C)C(N=C(N)N(C)C)(C3=CC=CCC3)C2)c1. The molecule has 0 saturated carbocycles. The van der Waals surface area contributed by atoms with Gasteiger partial charge in [0, 0.05) is 46.3 Å². The molecule has 0 bridgehead atoms. The number of rotatable bonds is 6. The molecule has 1 aromatic heterocycles. The Kier molecular flexibility index (Phi) is 6.47. The van der Waals surface area contributed by atoms with Gasteiger partial charge < -0.3 is 25.0 Å². The largest absolute Gasteiger partial charge is 0.481 e. The molecule has 2 atom stereocenters. The topological polar surface area (TPSA) is 76.2 Å². The molecular weight excluding hydrogens is 366 g/mol. The number of pyridine rings is 1. The molecule has 0 amide bonds. The molecule has 2 aliphatic rings. The molecular formula is C22H33N5O2. The van der Waals surface area contributed by atoms with Crippen molar-refractivity contribution in [3.8, 4) is 5.88 Å². The van der Waals surface area contributed by atoms with E-state index in [4.69, 9.17) is 25.2 Å². The van der Waals surface area contributed by atoms with Crippen molar-refractivity contribution in [1.29, 1.82) is 0 Å². The van der Waals surface area contributed by atoms with E-state index in [1.807, 2.05) is 25.1 Å². The van der Waals surface area contributed by atoms with Crippen molar-refractivity contribution in [2.45, 2.75) is 31.9 Å². The monoisotopic (exact) mass is 399 g/mol. The number of aliphatic imine (C=N–C) groups is 1. The number of hydrogen-bond acceptors (Lipinski definition) is 5. The maximum absolute atomic E-state index is 6.30. The Morgan fingerprint density at radius 1 is 1.38 bits per heavy atom. The zero-order valence-electron chi connectivity index (χ0n) is 18.2. The first-order valence-corrected chi connectivity index (χ1v) is 10.1. The van der Waals surface area contributed by atoms with Crippen LogP contribution in [0.5, 0.6) is 5.88 Å². The van der Waals surface area contributed by atoms with Gasteiger partial charge in [-0.25, -0.2) is 4.99 Å². The number of anilines is 1. The predicted octanol–water partition coefficient (Wildman–Crippen LogP) is 2.58. The summed E-state index contributed by atoms with van der Waals surface area (Å²) in [6.45, 7) is 4.34. The van der Waals surface area contributed by atoms with Crippen LogP contribution in [0.1, 0.15) is 25.3 Å². The van der Waals surface area contributed by atoms with Gasteiger partial charge in [0.1, 0.15) is 11.4 Å².